The number of anilines is 1. The van der Waals surface area contributed by atoms with Gasteiger partial charge in [-0.25, -0.2) is 0 Å². The van der Waals surface area contributed by atoms with Crippen molar-refractivity contribution in [2.24, 2.45) is 5.92 Å². The molecule has 134 valence electrons. The Kier molecular flexibility index (Phi) is 3.69. The minimum Gasteiger partial charge on any atom is -0.353 e. The monoisotopic (exact) mass is 348 g/mol. The number of rotatable bonds is 3. The molecule has 3 aliphatic rings. The Hall–Kier alpha value is -2.43. The van der Waals surface area contributed by atoms with Crippen LogP contribution in [0, 0.1) is 5.92 Å². The summed E-state index contributed by atoms with van der Waals surface area (Å²) >= 11 is 0. The Morgan fingerprint density at radius 1 is 1.23 bits per heavy atom. The standard InChI is InChI=1S/C21H24N4O/c26-20(18-13-21(18)10-9-15-5-1-2-7-17(15)21)23-16-6-4-12-25(14-16)19-8-3-11-22-24-19/h1-3,5,7-8,11,16,18H,4,6,9-10,12-14H2,(H,23,26)/t16-,18+,21+/m1/s1. The van der Waals surface area contributed by atoms with Crippen molar-refractivity contribution in [2.45, 2.75) is 43.6 Å². The number of hydrogen-bond donors (Lipinski definition) is 1. The van der Waals surface area contributed by atoms with Gasteiger partial charge in [-0.15, -0.1) is 5.10 Å². The number of nitrogens with one attached hydrogen (secondary N) is 1. The topological polar surface area (TPSA) is 58.1 Å². The van der Waals surface area contributed by atoms with E-state index in [2.05, 4.69) is 44.7 Å². The van der Waals surface area contributed by atoms with E-state index in [0.29, 0.717) is 0 Å². The Bertz CT molecular complexity index is 824. The van der Waals surface area contributed by atoms with Gasteiger partial charge in [-0.2, -0.15) is 5.10 Å². The van der Waals surface area contributed by atoms with Gasteiger partial charge >= 0.3 is 0 Å². The Balaban J connectivity index is 1.24. The normalized spacial score (nSPS) is 29.5. The van der Waals surface area contributed by atoms with Gasteiger partial charge in [-0.05, 0) is 55.4 Å². The first-order valence-corrected chi connectivity index (χ1v) is 9.68. The van der Waals surface area contributed by atoms with Gasteiger partial charge < -0.3 is 10.2 Å². The molecule has 0 bridgehead atoms. The lowest BCUT2D eigenvalue weighted by atomic mass is 9.95. The van der Waals surface area contributed by atoms with Crippen molar-refractivity contribution < 1.29 is 4.79 Å². The number of fused-ring (bicyclic) bond motifs is 2. The molecule has 1 amide bonds. The number of piperidine rings is 1. The SMILES string of the molecule is O=C(N[C@@H]1CCCN(c2cccnn2)C1)[C@@H]1C[C@]12CCc1ccccc12. The van der Waals surface area contributed by atoms with Crippen molar-refractivity contribution in [3.05, 3.63) is 53.7 Å². The first kappa shape index (κ1) is 15.8. The van der Waals surface area contributed by atoms with Crippen LogP contribution in [-0.2, 0) is 16.6 Å². The highest BCUT2D eigenvalue weighted by molar-refractivity contribution is 5.85. The molecule has 1 aliphatic heterocycles. The molecule has 2 heterocycles. The van der Waals surface area contributed by atoms with Crippen LogP contribution >= 0.6 is 0 Å². The lowest BCUT2D eigenvalue weighted by Crippen LogP contribution is -2.48. The van der Waals surface area contributed by atoms with E-state index in [9.17, 15) is 4.79 Å². The molecule has 26 heavy (non-hydrogen) atoms. The summed E-state index contributed by atoms with van der Waals surface area (Å²) in [6.07, 6.45) is 7.05. The van der Waals surface area contributed by atoms with Crippen LogP contribution in [0.25, 0.3) is 0 Å². The summed E-state index contributed by atoms with van der Waals surface area (Å²) in [5, 5.41) is 11.5. The second kappa shape index (κ2) is 6.08. The summed E-state index contributed by atoms with van der Waals surface area (Å²) in [5.41, 5.74) is 2.99. The Morgan fingerprint density at radius 2 is 2.15 bits per heavy atom. The van der Waals surface area contributed by atoms with Gasteiger partial charge in [0.1, 0.15) is 0 Å². The molecule has 1 N–H and O–H groups in total. The van der Waals surface area contributed by atoms with Gasteiger partial charge in [0.25, 0.3) is 0 Å². The second-order valence-electron chi connectivity index (χ2n) is 7.95. The number of aromatic nitrogens is 2. The lowest BCUT2D eigenvalue weighted by Gasteiger charge is -2.33. The zero-order valence-electron chi connectivity index (χ0n) is 14.9. The van der Waals surface area contributed by atoms with Gasteiger partial charge in [0.05, 0.1) is 0 Å². The molecular formula is C21H24N4O. The highest BCUT2D eigenvalue weighted by Crippen LogP contribution is 2.61. The van der Waals surface area contributed by atoms with Crippen molar-refractivity contribution in [3.63, 3.8) is 0 Å². The van der Waals surface area contributed by atoms with Gasteiger partial charge in [0.2, 0.25) is 5.91 Å². The fourth-order valence-corrected chi connectivity index (χ4v) is 5.01. The molecule has 1 spiro atoms. The first-order valence-electron chi connectivity index (χ1n) is 9.68. The van der Waals surface area contributed by atoms with Crippen LogP contribution in [0.3, 0.4) is 0 Å². The summed E-state index contributed by atoms with van der Waals surface area (Å²) in [6.45, 7) is 1.80. The summed E-state index contributed by atoms with van der Waals surface area (Å²) in [7, 11) is 0. The number of carbonyl (C=O) groups excluding carboxylic acids is 1. The number of amides is 1. The second-order valence-corrected chi connectivity index (χ2v) is 7.95. The van der Waals surface area contributed by atoms with E-state index >= 15 is 0 Å². The van der Waals surface area contributed by atoms with Crippen LogP contribution in [0.4, 0.5) is 5.82 Å². The molecule has 1 aromatic carbocycles. The minimum atomic E-state index is 0.125. The average Bonchev–Trinajstić information content (AvgIpc) is 3.32. The lowest BCUT2D eigenvalue weighted by molar-refractivity contribution is -0.123. The summed E-state index contributed by atoms with van der Waals surface area (Å²) in [6, 6.07) is 12.8. The predicted octanol–water partition coefficient (Wildman–Crippen LogP) is 2.47. The maximum absolute atomic E-state index is 12.9. The number of nitrogens with zero attached hydrogens (tertiary/aromatic N) is 3. The largest absolute Gasteiger partial charge is 0.353 e. The molecule has 5 rings (SSSR count). The molecule has 2 fully saturated rings. The van der Waals surface area contributed by atoms with Crippen molar-refractivity contribution in [1.82, 2.24) is 15.5 Å². The molecular weight excluding hydrogens is 324 g/mol. The fraction of sp³-hybridized carbons (Fsp3) is 0.476. The van der Waals surface area contributed by atoms with Crippen LogP contribution < -0.4 is 10.2 Å². The van der Waals surface area contributed by atoms with Crippen LogP contribution in [0.2, 0.25) is 0 Å². The number of carbonyl (C=O) groups is 1. The molecule has 0 radical (unpaired) electrons. The van der Waals surface area contributed by atoms with Crippen LogP contribution in [0.1, 0.15) is 36.8 Å². The van der Waals surface area contributed by atoms with Crippen molar-refractivity contribution in [3.8, 4) is 0 Å². The molecule has 1 aromatic heterocycles. The minimum absolute atomic E-state index is 0.125. The molecule has 2 aliphatic carbocycles. The summed E-state index contributed by atoms with van der Waals surface area (Å²) < 4.78 is 0. The Labute approximate surface area is 153 Å². The van der Waals surface area contributed by atoms with E-state index in [0.717, 1.165) is 51.0 Å². The highest BCUT2D eigenvalue weighted by atomic mass is 16.2. The smallest absolute Gasteiger partial charge is 0.224 e. The molecule has 2 aromatic rings. The predicted molar refractivity (Wildman–Crippen MR) is 100.0 cm³/mol. The summed E-state index contributed by atoms with van der Waals surface area (Å²) in [5.74, 6) is 1.30. The van der Waals surface area contributed by atoms with Gasteiger partial charge in [0, 0.05) is 36.7 Å². The van der Waals surface area contributed by atoms with Gasteiger partial charge in [-0.1, -0.05) is 24.3 Å². The van der Waals surface area contributed by atoms with E-state index in [-0.39, 0.29) is 23.3 Å². The molecule has 0 unspecified atom stereocenters. The van der Waals surface area contributed by atoms with Crippen LogP contribution in [-0.4, -0.2) is 35.2 Å². The molecule has 1 saturated heterocycles. The fourth-order valence-electron chi connectivity index (χ4n) is 5.01. The van der Waals surface area contributed by atoms with E-state index in [1.54, 1.807) is 6.20 Å². The van der Waals surface area contributed by atoms with E-state index in [4.69, 9.17) is 0 Å². The van der Waals surface area contributed by atoms with E-state index in [1.165, 1.54) is 11.1 Å². The molecule has 5 heteroatoms. The molecule has 3 atom stereocenters. The molecule has 5 nitrogen and oxygen atoms in total. The third-order valence-electron chi connectivity index (χ3n) is 6.44. The van der Waals surface area contributed by atoms with Crippen molar-refractivity contribution in [2.75, 3.05) is 18.0 Å². The maximum Gasteiger partial charge on any atom is 0.224 e. The first-order chi connectivity index (χ1) is 12.8. The average molecular weight is 348 g/mol. The van der Waals surface area contributed by atoms with Gasteiger partial charge in [0.15, 0.2) is 5.82 Å². The van der Waals surface area contributed by atoms with E-state index < -0.39 is 0 Å². The molecule has 1 saturated carbocycles. The van der Waals surface area contributed by atoms with E-state index in [1.807, 2.05) is 12.1 Å². The maximum atomic E-state index is 12.9. The van der Waals surface area contributed by atoms with Crippen molar-refractivity contribution in [1.29, 1.82) is 0 Å². The van der Waals surface area contributed by atoms with Crippen LogP contribution in [0.5, 0.6) is 0 Å². The zero-order valence-corrected chi connectivity index (χ0v) is 14.9. The third-order valence-corrected chi connectivity index (χ3v) is 6.44. The number of benzene rings is 1. The quantitative estimate of drug-likeness (QED) is 0.926. The van der Waals surface area contributed by atoms with Gasteiger partial charge in [-0.3, -0.25) is 4.79 Å². The Morgan fingerprint density at radius 3 is 3.04 bits per heavy atom. The number of hydrogen-bond acceptors (Lipinski definition) is 4. The van der Waals surface area contributed by atoms with Crippen molar-refractivity contribution >= 4 is 11.7 Å². The highest BCUT2D eigenvalue weighted by Gasteiger charge is 2.61. The zero-order chi connectivity index (χ0) is 17.6. The van der Waals surface area contributed by atoms with Crippen LogP contribution in [0.15, 0.2) is 42.6 Å². The third kappa shape index (κ3) is 2.57. The summed E-state index contributed by atoms with van der Waals surface area (Å²) in [4.78, 5) is 15.2. The number of aryl methyl sites for hydroxylation is 1.